The van der Waals surface area contributed by atoms with Gasteiger partial charge in [0.25, 0.3) is 5.89 Å². The highest BCUT2D eigenvalue weighted by Gasteiger charge is 2.10. The van der Waals surface area contributed by atoms with Crippen molar-refractivity contribution >= 4 is 5.82 Å². The van der Waals surface area contributed by atoms with Gasteiger partial charge in [0.15, 0.2) is 6.61 Å². The summed E-state index contributed by atoms with van der Waals surface area (Å²) in [4.78, 5) is 10.8. The maximum atomic E-state index is 5.61. The molecule has 0 aliphatic carbocycles. The van der Waals surface area contributed by atoms with E-state index < -0.39 is 0 Å². The molecule has 2 heterocycles. The predicted octanol–water partition coefficient (Wildman–Crippen LogP) is 2.68. The molecule has 0 fully saturated rings. The van der Waals surface area contributed by atoms with Crippen molar-refractivity contribution in [2.45, 2.75) is 6.61 Å². The molecule has 7 nitrogen and oxygen atoms in total. The monoisotopic (exact) mass is 339 g/mol. The van der Waals surface area contributed by atoms with Crippen LogP contribution in [0.3, 0.4) is 0 Å². The third-order valence-corrected chi connectivity index (χ3v) is 3.45. The summed E-state index contributed by atoms with van der Waals surface area (Å²) < 4.78 is 10.9. The van der Waals surface area contributed by atoms with Crippen LogP contribution in [0.5, 0.6) is 5.75 Å². The van der Waals surface area contributed by atoms with Gasteiger partial charge >= 0.3 is 0 Å². The normalized spacial score (nSPS) is 10.8. The van der Waals surface area contributed by atoms with Gasteiger partial charge in [-0.1, -0.05) is 23.4 Å². The molecule has 130 valence electrons. The number of hydrogen-bond acceptors (Lipinski definition) is 7. The van der Waals surface area contributed by atoms with Gasteiger partial charge in [0, 0.05) is 19.3 Å². The predicted molar refractivity (Wildman–Crippen MR) is 95.3 cm³/mol. The number of aromatic nitrogens is 3. The van der Waals surface area contributed by atoms with Crippen LogP contribution in [-0.4, -0.2) is 47.2 Å². The lowest BCUT2D eigenvalue weighted by Gasteiger charge is -2.10. The van der Waals surface area contributed by atoms with Gasteiger partial charge in [0.2, 0.25) is 5.82 Å². The van der Waals surface area contributed by atoms with Crippen LogP contribution in [0.25, 0.3) is 11.5 Å². The van der Waals surface area contributed by atoms with Gasteiger partial charge < -0.3 is 19.5 Å². The number of ether oxygens (including phenoxy) is 1. The molecule has 3 aromatic rings. The van der Waals surface area contributed by atoms with Crippen LogP contribution in [-0.2, 0) is 6.61 Å². The summed E-state index contributed by atoms with van der Waals surface area (Å²) in [5.74, 6) is 2.51. The van der Waals surface area contributed by atoms with Crippen molar-refractivity contribution < 1.29 is 9.26 Å². The summed E-state index contributed by atoms with van der Waals surface area (Å²) in [6.07, 6.45) is 1.72. The lowest BCUT2D eigenvalue weighted by atomic mass is 10.3. The quantitative estimate of drug-likeness (QED) is 0.676. The van der Waals surface area contributed by atoms with Crippen molar-refractivity contribution in [3.63, 3.8) is 0 Å². The second-order valence-corrected chi connectivity index (χ2v) is 5.78. The highest BCUT2D eigenvalue weighted by atomic mass is 16.5. The minimum absolute atomic E-state index is 0.255. The molecule has 25 heavy (non-hydrogen) atoms. The summed E-state index contributed by atoms with van der Waals surface area (Å²) in [6.45, 7) is 2.03. The Labute approximate surface area is 146 Å². The van der Waals surface area contributed by atoms with E-state index in [9.17, 15) is 0 Å². The van der Waals surface area contributed by atoms with Crippen LogP contribution >= 0.6 is 0 Å². The molecule has 0 saturated carbocycles. The average molecular weight is 339 g/mol. The fraction of sp³-hybridized carbons (Fsp3) is 0.278. The smallest absolute Gasteiger partial charge is 0.259 e. The van der Waals surface area contributed by atoms with Crippen LogP contribution in [0.2, 0.25) is 0 Å². The zero-order chi connectivity index (χ0) is 17.5. The van der Waals surface area contributed by atoms with Crippen molar-refractivity contribution in [3.05, 3.63) is 54.5 Å². The molecule has 0 amide bonds. The van der Waals surface area contributed by atoms with Crippen molar-refractivity contribution in [1.29, 1.82) is 0 Å². The Kier molecular flexibility index (Phi) is 5.58. The SMILES string of the molecule is CN(C)CCNc1ccc(-c2nc(COc3ccccc3)no2)cn1. The van der Waals surface area contributed by atoms with Crippen LogP contribution in [0.4, 0.5) is 5.82 Å². The molecule has 0 atom stereocenters. The molecule has 0 spiro atoms. The van der Waals surface area contributed by atoms with Crippen molar-refractivity contribution in [3.8, 4) is 17.2 Å². The number of anilines is 1. The van der Waals surface area contributed by atoms with Gasteiger partial charge in [-0.15, -0.1) is 0 Å². The van der Waals surface area contributed by atoms with Crippen molar-refractivity contribution in [1.82, 2.24) is 20.0 Å². The van der Waals surface area contributed by atoms with E-state index in [1.165, 1.54) is 0 Å². The molecule has 0 unspecified atom stereocenters. The Balaban J connectivity index is 1.56. The first-order chi connectivity index (χ1) is 12.2. The van der Waals surface area contributed by atoms with E-state index in [0.29, 0.717) is 11.7 Å². The maximum Gasteiger partial charge on any atom is 0.259 e. The van der Waals surface area contributed by atoms with Gasteiger partial charge in [-0.3, -0.25) is 0 Å². The minimum Gasteiger partial charge on any atom is -0.485 e. The molecule has 3 rings (SSSR count). The second kappa shape index (κ2) is 8.25. The number of likely N-dealkylation sites (N-methyl/N-ethyl adjacent to an activating group) is 1. The molecular formula is C18H21N5O2. The highest BCUT2D eigenvalue weighted by molar-refractivity contribution is 5.54. The fourth-order valence-electron chi connectivity index (χ4n) is 2.13. The number of benzene rings is 1. The van der Waals surface area contributed by atoms with E-state index in [0.717, 1.165) is 30.2 Å². The summed E-state index contributed by atoms with van der Waals surface area (Å²) in [5, 5.41) is 7.20. The molecule has 0 bridgehead atoms. The third kappa shape index (κ3) is 5.02. The number of pyridine rings is 1. The minimum atomic E-state index is 0.255. The molecule has 0 aliphatic heterocycles. The number of hydrogen-bond donors (Lipinski definition) is 1. The van der Waals surface area contributed by atoms with Crippen LogP contribution in [0.1, 0.15) is 5.82 Å². The first-order valence-corrected chi connectivity index (χ1v) is 8.06. The Bertz CT molecular complexity index is 772. The molecule has 2 aromatic heterocycles. The molecule has 1 aromatic carbocycles. The summed E-state index contributed by atoms with van der Waals surface area (Å²) in [7, 11) is 4.07. The van der Waals surface area contributed by atoms with E-state index in [-0.39, 0.29) is 6.61 Å². The van der Waals surface area contributed by atoms with E-state index >= 15 is 0 Å². The Morgan fingerprint density at radius 1 is 1.12 bits per heavy atom. The first kappa shape index (κ1) is 16.9. The number of nitrogens with zero attached hydrogens (tertiary/aromatic N) is 4. The average Bonchev–Trinajstić information content (AvgIpc) is 3.10. The van der Waals surface area contributed by atoms with Crippen LogP contribution < -0.4 is 10.1 Å². The molecule has 1 N–H and O–H groups in total. The van der Waals surface area contributed by atoms with Gasteiger partial charge in [0.05, 0.1) is 5.56 Å². The molecule has 0 radical (unpaired) electrons. The maximum absolute atomic E-state index is 5.61. The summed E-state index contributed by atoms with van der Waals surface area (Å²) >= 11 is 0. The molecular weight excluding hydrogens is 318 g/mol. The van der Waals surface area contributed by atoms with E-state index in [1.807, 2.05) is 56.6 Å². The standard InChI is InChI=1S/C18H21N5O2/c1-23(2)11-10-19-16-9-8-14(12-20-16)18-21-17(22-25-18)13-24-15-6-4-3-5-7-15/h3-9,12H,10-11,13H2,1-2H3,(H,19,20). The number of nitrogens with one attached hydrogen (secondary N) is 1. The highest BCUT2D eigenvalue weighted by Crippen LogP contribution is 2.18. The topological polar surface area (TPSA) is 76.3 Å². The Morgan fingerprint density at radius 2 is 1.96 bits per heavy atom. The second-order valence-electron chi connectivity index (χ2n) is 5.78. The zero-order valence-corrected chi connectivity index (χ0v) is 14.3. The Hall–Kier alpha value is -2.93. The zero-order valence-electron chi connectivity index (χ0n) is 14.3. The van der Waals surface area contributed by atoms with Crippen molar-refractivity contribution in [2.24, 2.45) is 0 Å². The van der Waals surface area contributed by atoms with E-state index in [1.54, 1.807) is 6.20 Å². The fourth-order valence-corrected chi connectivity index (χ4v) is 2.13. The summed E-state index contributed by atoms with van der Waals surface area (Å²) in [6, 6.07) is 13.3. The van der Waals surface area contributed by atoms with E-state index in [2.05, 4.69) is 25.3 Å². The van der Waals surface area contributed by atoms with Gasteiger partial charge in [-0.05, 0) is 38.4 Å². The van der Waals surface area contributed by atoms with E-state index in [4.69, 9.17) is 9.26 Å². The number of rotatable bonds is 8. The first-order valence-electron chi connectivity index (χ1n) is 8.06. The molecule has 0 saturated heterocycles. The lowest BCUT2D eigenvalue weighted by molar-refractivity contribution is 0.287. The van der Waals surface area contributed by atoms with Crippen LogP contribution in [0.15, 0.2) is 53.2 Å². The number of para-hydroxylation sites is 1. The largest absolute Gasteiger partial charge is 0.485 e. The Morgan fingerprint density at radius 3 is 2.68 bits per heavy atom. The van der Waals surface area contributed by atoms with Crippen LogP contribution in [0, 0.1) is 0 Å². The lowest BCUT2D eigenvalue weighted by Crippen LogP contribution is -2.21. The van der Waals surface area contributed by atoms with Gasteiger partial charge in [-0.2, -0.15) is 4.98 Å². The van der Waals surface area contributed by atoms with Crippen molar-refractivity contribution in [2.75, 3.05) is 32.5 Å². The summed E-state index contributed by atoms with van der Waals surface area (Å²) in [5.41, 5.74) is 0.775. The molecule has 7 heteroatoms. The molecule has 0 aliphatic rings. The van der Waals surface area contributed by atoms with Gasteiger partial charge in [0.1, 0.15) is 11.6 Å². The third-order valence-electron chi connectivity index (χ3n) is 3.45. The van der Waals surface area contributed by atoms with Gasteiger partial charge in [-0.25, -0.2) is 4.98 Å².